The zero-order chi connectivity index (χ0) is 13.3. The van der Waals surface area contributed by atoms with Crippen molar-refractivity contribution in [2.24, 2.45) is 0 Å². The Balaban J connectivity index is 2.51. The summed E-state index contributed by atoms with van der Waals surface area (Å²) in [5.41, 5.74) is 4.70. The molecule has 0 aliphatic carbocycles. The van der Waals surface area contributed by atoms with Crippen LogP contribution < -0.4 is 10.2 Å². The van der Waals surface area contributed by atoms with E-state index in [1.807, 2.05) is 11.8 Å². The third-order valence-electron chi connectivity index (χ3n) is 3.46. The molecule has 2 rings (SSSR count). The largest absolute Gasteiger partial charge is 0.310 e. The van der Waals surface area contributed by atoms with Crippen molar-refractivity contribution >= 4 is 11.6 Å². The fourth-order valence-corrected chi connectivity index (χ4v) is 2.80. The Hall–Kier alpha value is -1.35. The van der Waals surface area contributed by atoms with Gasteiger partial charge in [-0.1, -0.05) is 19.9 Å². The minimum absolute atomic E-state index is 0.155. The highest BCUT2D eigenvalue weighted by atomic mass is 16.2. The van der Waals surface area contributed by atoms with Gasteiger partial charge in [0.2, 0.25) is 5.91 Å². The number of carbonyl (C=O) groups is 1. The molecule has 1 heterocycles. The molecule has 0 saturated carbocycles. The van der Waals surface area contributed by atoms with Crippen molar-refractivity contribution in [3.63, 3.8) is 0 Å². The summed E-state index contributed by atoms with van der Waals surface area (Å²) in [6, 6.07) is 4.14. The van der Waals surface area contributed by atoms with Crippen molar-refractivity contribution < 1.29 is 4.79 Å². The number of anilines is 1. The van der Waals surface area contributed by atoms with Gasteiger partial charge in [-0.3, -0.25) is 4.79 Å². The molecule has 0 saturated heterocycles. The van der Waals surface area contributed by atoms with Crippen LogP contribution in [-0.2, 0) is 4.79 Å². The van der Waals surface area contributed by atoms with Crippen molar-refractivity contribution in [3.05, 3.63) is 28.8 Å². The van der Waals surface area contributed by atoms with E-state index in [0.29, 0.717) is 0 Å². The zero-order valence-corrected chi connectivity index (χ0v) is 11.7. The average Bonchev–Trinajstić information content (AvgIpc) is 2.56. The zero-order valence-electron chi connectivity index (χ0n) is 11.7. The van der Waals surface area contributed by atoms with Crippen molar-refractivity contribution in [3.8, 4) is 0 Å². The first-order valence-electron chi connectivity index (χ1n) is 6.76. The van der Waals surface area contributed by atoms with E-state index >= 15 is 0 Å². The number of likely N-dealkylation sites (N-methyl/N-ethyl adjacent to an activating group) is 1. The predicted octanol–water partition coefficient (Wildman–Crippen LogP) is 2.71. The lowest BCUT2D eigenvalue weighted by Gasteiger charge is -2.17. The molecule has 0 spiro atoms. The van der Waals surface area contributed by atoms with Crippen LogP contribution in [0.5, 0.6) is 0 Å². The Morgan fingerprint density at radius 2 is 2.00 bits per heavy atom. The first-order valence-corrected chi connectivity index (χ1v) is 6.76. The predicted molar refractivity (Wildman–Crippen MR) is 75.0 cm³/mol. The second-order valence-corrected chi connectivity index (χ2v) is 5.00. The third kappa shape index (κ3) is 2.03. The number of nitrogens with one attached hydrogen (secondary N) is 1. The lowest BCUT2D eigenvalue weighted by Crippen LogP contribution is -2.35. The van der Waals surface area contributed by atoms with Gasteiger partial charge < -0.3 is 10.2 Å². The summed E-state index contributed by atoms with van der Waals surface area (Å²) in [6.45, 7) is 9.94. The molecule has 3 heteroatoms. The van der Waals surface area contributed by atoms with Gasteiger partial charge in [-0.25, -0.2) is 0 Å². The van der Waals surface area contributed by atoms with Gasteiger partial charge in [0.05, 0.1) is 0 Å². The number of hydrogen-bond acceptors (Lipinski definition) is 2. The molecule has 1 amide bonds. The van der Waals surface area contributed by atoms with Gasteiger partial charge in [-0.2, -0.15) is 0 Å². The molecule has 0 fully saturated rings. The Labute approximate surface area is 109 Å². The molecule has 1 aliphatic heterocycles. The fraction of sp³-hybridized carbons (Fsp3) is 0.533. The molecule has 1 aliphatic rings. The maximum atomic E-state index is 12.5. The summed E-state index contributed by atoms with van der Waals surface area (Å²) >= 11 is 0. The summed E-state index contributed by atoms with van der Waals surface area (Å²) in [5.74, 6) is 0.197. The summed E-state index contributed by atoms with van der Waals surface area (Å²) in [4.78, 5) is 14.4. The Morgan fingerprint density at radius 3 is 2.61 bits per heavy atom. The summed E-state index contributed by atoms with van der Waals surface area (Å²) < 4.78 is 0. The maximum absolute atomic E-state index is 12.5. The van der Waals surface area contributed by atoms with Crippen LogP contribution in [0.1, 0.15) is 43.0 Å². The quantitative estimate of drug-likeness (QED) is 0.886. The molecular weight excluding hydrogens is 224 g/mol. The van der Waals surface area contributed by atoms with Crippen LogP contribution in [0, 0.1) is 13.8 Å². The van der Waals surface area contributed by atoms with Crippen LogP contribution in [0.15, 0.2) is 12.1 Å². The number of carbonyl (C=O) groups excluding carboxylic acids is 1. The molecule has 18 heavy (non-hydrogen) atoms. The number of rotatable bonds is 4. The van der Waals surface area contributed by atoms with Gasteiger partial charge in [0, 0.05) is 17.8 Å². The minimum Gasteiger partial charge on any atom is -0.310 e. The van der Waals surface area contributed by atoms with Gasteiger partial charge in [0.1, 0.15) is 6.04 Å². The van der Waals surface area contributed by atoms with Gasteiger partial charge in [-0.15, -0.1) is 0 Å². The van der Waals surface area contributed by atoms with E-state index < -0.39 is 0 Å². The third-order valence-corrected chi connectivity index (χ3v) is 3.46. The molecule has 0 aromatic heterocycles. The number of nitrogens with zero attached hydrogens (tertiary/aromatic N) is 1. The van der Waals surface area contributed by atoms with Gasteiger partial charge in [0.15, 0.2) is 0 Å². The van der Waals surface area contributed by atoms with Crippen LogP contribution in [-0.4, -0.2) is 19.0 Å². The molecule has 1 atom stereocenters. The van der Waals surface area contributed by atoms with Crippen molar-refractivity contribution in [2.45, 2.75) is 40.2 Å². The van der Waals surface area contributed by atoms with E-state index in [1.54, 1.807) is 0 Å². The second-order valence-electron chi connectivity index (χ2n) is 5.00. The van der Waals surface area contributed by atoms with Crippen molar-refractivity contribution in [1.82, 2.24) is 5.32 Å². The molecule has 0 bridgehead atoms. The molecule has 1 aromatic rings. The molecule has 1 aromatic carbocycles. The van der Waals surface area contributed by atoms with Crippen LogP contribution in [0.4, 0.5) is 5.69 Å². The molecule has 98 valence electrons. The minimum atomic E-state index is -0.155. The normalized spacial score (nSPS) is 18.3. The number of amides is 1. The monoisotopic (exact) mass is 246 g/mol. The first-order chi connectivity index (χ1) is 8.60. The van der Waals surface area contributed by atoms with E-state index in [2.05, 4.69) is 38.2 Å². The van der Waals surface area contributed by atoms with E-state index in [9.17, 15) is 4.79 Å². The SMILES string of the molecule is CCCN1C(=O)C(NCC)c2c(C)cc(C)cc21. The molecule has 1 N–H and O–H groups in total. The Morgan fingerprint density at radius 1 is 1.28 bits per heavy atom. The van der Waals surface area contributed by atoms with Crippen molar-refractivity contribution in [2.75, 3.05) is 18.0 Å². The van der Waals surface area contributed by atoms with Crippen molar-refractivity contribution in [1.29, 1.82) is 0 Å². The molecule has 0 radical (unpaired) electrons. The van der Waals surface area contributed by atoms with Crippen LogP contribution in [0.2, 0.25) is 0 Å². The fourth-order valence-electron chi connectivity index (χ4n) is 2.80. The number of benzene rings is 1. The van der Waals surface area contributed by atoms with E-state index in [-0.39, 0.29) is 11.9 Å². The van der Waals surface area contributed by atoms with Crippen LogP contribution >= 0.6 is 0 Å². The smallest absolute Gasteiger partial charge is 0.248 e. The van der Waals surface area contributed by atoms with Gasteiger partial charge in [0.25, 0.3) is 0 Å². The lowest BCUT2D eigenvalue weighted by molar-refractivity contribution is -0.120. The highest BCUT2D eigenvalue weighted by Gasteiger charge is 2.37. The summed E-state index contributed by atoms with van der Waals surface area (Å²) in [7, 11) is 0. The standard InChI is InChI=1S/C15H22N2O/c1-5-7-17-12-9-10(3)8-11(4)13(12)14(15(17)18)16-6-2/h8-9,14,16H,5-7H2,1-4H3. The lowest BCUT2D eigenvalue weighted by atomic mass is 10.00. The number of hydrogen-bond donors (Lipinski definition) is 1. The average molecular weight is 246 g/mol. The Bertz CT molecular complexity index is 468. The highest BCUT2D eigenvalue weighted by Crippen LogP contribution is 2.38. The van der Waals surface area contributed by atoms with E-state index in [0.717, 1.165) is 25.2 Å². The van der Waals surface area contributed by atoms with Gasteiger partial charge in [-0.05, 0) is 44.0 Å². The first kappa shape index (κ1) is 13.1. The Kier molecular flexibility index (Phi) is 3.71. The van der Waals surface area contributed by atoms with E-state index in [4.69, 9.17) is 0 Å². The summed E-state index contributed by atoms with van der Waals surface area (Å²) in [6.07, 6.45) is 0.983. The number of aryl methyl sites for hydroxylation is 2. The summed E-state index contributed by atoms with van der Waals surface area (Å²) in [5, 5.41) is 3.31. The van der Waals surface area contributed by atoms with E-state index in [1.165, 1.54) is 16.7 Å². The second kappa shape index (κ2) is 5.11. The maximum Gasteiger partial charge on any atom is 0.248 e. The number of fused-ring (bicyclic) bond motifs is 1. The molecule has 1 unspecified atom stereocenters. The highest BCUT2D eigenvalue weighted by molar-refractivity contribution is 6.05. The topological polar surface area (TPSA) is 32.3 Å². The molecule has 3 nitrogen and oxygen atoms in total. The van der Waals surface area contributed by atoms with Crippen LogP contribution in [0.3, 0.4) is 0 Å². The van der Waals surface area contributed by atoms with Gasteiger partial charge >= 0.3 is 0 Å². The molecular formula is C15H22N2O. The van der Waals surface area contributed by atoms with Crippen LogP contribution in [0.25, 0.3) is 0 Å².